The smallest absolute Gasteiger partial charge is 0.192 e. The molecule has 4 rings (SSSR count). The molecule has 0 aromatic carbocycles. The molecule has 4 nitrogen and oxygen atoms in total. The van der Waals surface area contributed by atoms with E-state index in [0.29, 0.717) is 42.9 Å². The van der Waals surface area contributed by atoms with E-state index in [-0.39, 0.29) is 15.9 Å². The average Bonchev–Trinajstić information content (AvgIpc) is 3.26. The Labute approximate surface area is 197 Å². The van der Waals surface area contributed by atoms with Crippen LogP contribution in [-0.2, 0) is 18.7 Å². The van der Waals surface area contributed by atoms with Crippen LogP contribution >= 0.6 is 0 Å². The number of Topliss-reactive ketones (excluding diaryl/α,β-unsaturated/α-hetero) is 1. The second kappa shape index (κ2) is 8.17. The van der Waals surface area contributed by atoms with E-state index >= 15 is 0 Å². The van der Waals surface area contributed by atoms with Crippen molar-refractivity contribution in [3.05, 3.63) is 0 Å². The van der Waals surface area contributed by atoms with Gasteiger partial charge < -0.3 is 13.9 Å². The number of hydrogen-bond donors (Lipinski definition) is 0. The normalized spacial score (nSPS) is 42.1. The minimum absolute atomic E-state index is 0.235. The van der Waals surface area contributed by atoms with Crippen molar-refractivity contribution in [2.75, 3.05) is 13.2 Å². The Morgan fingerprint density at radius 1 is 0.969 bits per heavy atom. The number of fused-ring (bicyclic) bond motifs is 3. The fourth-order valence-electron chi connectivity index (χ4n) is 7.46. The first kappa shape index (κ1) is 24.9. The molecule has 0 bridgehead atoms. The summed E-state index contributed by atoms with van der Waals surface area (Å²) in [7, 11) is -1.79. The molecule has 32 heavy (non-hydrogen) atoms. The Morgan fingerprint density at radius 3 is 2.25 bits per heavy atom. The van der Waals surface area contributed by atoms with Crippen molar-refractivity contribution in [3.8, 4) is 0 Å². The van der Waals surface area contributed by atoms with E-state index in [1.54, 1.807) is 0 Å². The van der Waals surface area contributed by atoms with E-state index in [4.69, 9.17) is 13.9 Å². The Bertz CT molecular complexity index is 722. The number of hydrogen-bond acceptors (Lipinski definition) is 4. The highest BCUT2D eigenvalue weighted by atomic mass is 28.4. The zero-order chi connectivity index (χ0) is 23.6. The van der Waals surface area contributed by atoms with Crippen molar-refractivity contribution in [2.45, 2.75) is 123 Å². The predicted molar refractivity (Wildman–Crippen MR) is 131 cm³/mol. The molecule has 0 aromatic heterocycles. The van der Waals surface area contributed by atoms with Crippen LogP contribution in [0.15, 0.2) is 0 Å². The molecule has 0 N–H and O–H groups in total. The van der Waals surface area contributed by atoms with Crippen LogP contribution in [-0.4, -0.2) is 39.2 Å². The van der Waals surface area contributed by atoms with Gasteiger partial charge in [0.1, 0.15) is 5.78 Å². The SMILES string of the molecule is CC(C)(C)[Si](C)(C)O[C@H]1CC[C@H]2[C@@H]3CCC(=O)[13C@]([13CH3])([13CH2][13CH2][13C]4([13CH3])OCCO4)[C@H]3CC[C@]12C. The van der Waals surface area contributed by atoms with Crippen molar-refractivity contribution in [1.29, 1.82) is 0 Å². The summed E-state index contributed by atoms with van der Waals surface area (Å²) in [5.74, 6) is 1.82. The quantitative estimate of drug-likeness (QED) is 0.330. The van der Waals surface area contributed by atoms with Gasteiger partial charge in [-0.05, 0) is 86.7 Å². The molecule has 184 valence electrons. The number of ether oxygens (including phenoxy) is 2. The van der Waals surface area contributed by atoms with Gasteiger partial charge >= 0.3 is 0 Å². The van der Waals surface area contributed by atoms with Crippen LogP contribution in [0.3, 0.4) is 0 Å². The molecule has 0 spiro atoms. The second-order valence-corrected chi connectivity index (χ2v) is 18.3. The fraction of sp³-hybridized carbons (Fsp3) is 0.963. The van der Waals surface area contributed by atoms with Crippen molar-refractivity contribution in [3.63, 3.8) is 0 Å². The summed E-state index contributed by atoms with van der Waals surface area (Å²) in [6, 6.07) is 0. The molecule has 0 aromatic rings. The molecule has 1 saturated heterocycles. The highest BCUT2D eigenvalue weighted by Gasteiger charge is 2.61. The third kappa shape index (κ3) is 4.07. The zero-order valence-corrected chi connectivity index (χ0v) is 23.0. The van der Waals surface area contributed by atoms with E-state index in [1.807, 2.05) is 6.92 Å². The van der Waals surface area contributed by atoms with Crippen molar-refractivity contribution in [2.24, 2.45) is 28.6 Å². The van der Waals surface area contributed by atoms with Crippen molar-refractivity contribution >= 4 is 14.1 Å². The van der Waals surface area contributed by atoms with Gasteiger partial charge in [-0.3, -0.25) is 4.79 Å². The lowest BCUT2D eigenvalue weighted by atomic mass is 9.57. The summed E-state index contributed by atoms with van der Waals surface area (Å²) >= 11 is 0. The molecule has 3 aliphatic carbocycles. The summed E-state index contributed by atoms with van der Waals surface area (Å²) < 4.78 is 18.8. The highest BCUT2D eigenvalue weighted by molar-refractivity contribution is 6.74. The Morgan fingerprint density at radius 2 is 1.62 bits per heavy atom. The Balaban J connectivity index is 1.51. The monoisotopic (exact) mass is 470 g/mol. The maximum absolute atomic E-state index is 13.3. The maximum Gasteiger partial charge on any atom is 0.192 e. The molecule has 3 saturated carbocycles. The second-order valence-electron chi connectivity index (χ2n) is 13.6. The van der Waals surface area contributed by atoms with E-state index < -0.39 is 14.1 Å². The molecule has 6 atom stereocenters. The van der Waals surface area contributed by atoms with Gasteiger partial charge in [0.25, 0.3) is 0 Å². The summed E-state index contributed by atoms with van der Waals surface area (Å²) in [5.41, 5.74) is 0.0303. The lowest BCUT2D eigenvalue weighted by Gasteiger charge is -2.56. The van der Waals surface area contributed by atoms with Gasteiger partial charge in [0.2, 0.25) is 0 Å². The molecular weight excluding hydrogens is 422 g/mol. The maximum atomic E-state index is 13.3. The topological polar surface area (TPSA) is 44.8 Å². The minimum Gasteiger partial charge on any atom is -0.413 e. The molecule has 0 radical (unpaired) electrons. The largest absolute Gasteiger partial charge is 0.413 e. The molecule has 0 unspecified atom stereocenters. The first-order chi connectivity index (χ1) is 14.7. The summed E-state index contributed by atoms with van der Waals surface area (Å²) in [4.78, 5) is 13.3. The number of carbonyl (C=O) groups is 1. The van der Waals surface area contributed by atoms with Crippen LogP contribution in [0.4, 0.5) is 0 Å². The van der Waals surface area contributed by atoms with Crippen LogP contribution in [0.5, 0.6) is 0 Å². The molecule has 1 heterocycles. The first-order valence-electron chi connectivity index (χ1n) is 13.2. The van der Waals surface area contributed by atoms with Crippen LogP contribution in [0, 0.1) is 28.6 Å². The summed E-state index contributed by atoms with van der Waals surface area (Å²) in [5, 5.41) is 0.245. The number of rotatable bonds is 5. The van der Waals surface area contributed by atoms with Crippen molar-refractivity contribution < 1.29 is 18.7 Å². The molecule has 1 aliphatic heterocycles. The first-order valence-corrected chi connectivity index (χ1v) is 16.1. The lowest BCUT2D eigenvalue weighted by Crippen LogP contribution is -2.55. The predicted octanol–water partition coefficient (Wildman–Crippen LogP) is 6.73. The Kier molecular flexibility index (Phi) is 6.35. The Hall–Kier alpha value is -0.233. The molecular formula is C27H48O4Si. The molecule has 5 heteroatoms. The van der Waals surface area contributed by atoms with Gasteiger partial charge in [0.15, 0.2) is 14.1 Å². The molecule has 4 aliphatic rings. The van der Waals surface area contributed by atoms with E-state index in [1.165, 1.54) is 19.3 Å². The van der Waals surface area contributed by atoms with E-state index in [2.05, 4.69) is 47.7 Å². The third-order valence-electron chi connectivity index (χ3n) is 10.7. The molecule has 4 fully saturated rings. The van der Waals surface area contributed by atoms with Crippen LogP contribution in [0.1, 0.15) is 92.9 Å². The molecule has 0 amide bonds. The van der Waals surface area contributed by atoms with Gasteiger partial charge in [-0.1, -0.05) is 34.6 Å². The van der Waals surface area contributed by atoms with Gasteiger partial charge in [-0.25, -0.2) is 0 Å². The standard InChI is InChI=1S/C27H48O4Si/c1-24(2,3)32(7,8)31-23-12-10-20-19-9-11-22(28)25(4,21(19)13-14-26(20,23)5)15-16-27(6)29-17-18-30-27/h19-21,23H,9-18H2,1-8H3/t19-,20-,21-,23-,25+,26-/m0/s1/i4+1,6+1,15+1,16+1,25+1,27+1. The highest BCUT2D eigenvalue weighted by Crippen LogP contribution is 2.64. The van der Waals surface area contributed by atoms with Gasteiger partial charge in [-0.15, -0.1) is 0 Å². The summed E-state index contributed by atoms with van der Waals surface area (Å²) in [6.45, 7) is 20.0. The van der Waals surface area contributed by atoms with Crippen LogP contribution in [0.2, 0.25) is 18.1 Å². The zero-order valence-electron chi connectivity index (χ0n) is 22.0. The van der Waals surface area contributed by atoms with Gasteiger partial charge in [-0.2, -0.15) is 0 Å². The van der Waals surface area contributed by atoms with Crippen LogP contribution < -0.4 is 0 Å². The van der Waals surface area contributed by atoms with E-state index in [0.717, 1.165) is 32.1 Å². The minimum atomic E-state index is -1.79. The lowest BCUT2D eigenvalue weighted by molar-refractivity contribution is -0.165. The van der Waals surface area contributed by atoms with E-state index in [9.17, 15) is 4.79 Å². The number of ketones is 1. The average molecular weight is 471 g/mol. The van der Waals surface area contributed by atoms with Crippen LogP contribution in [0.25, 0.3) is 0 Å². The van der Waals surface area contributed by atoms with Gasteiger partial charge in [0, 0.05) is 18.3 Å². The van der Waals surface area contributed by atoms with Gasteiger partial charge in [0.05, 0.1) is 19.3 Å². The fourth-order valence-corrected chi connectivity index (χ4v) is 8.91. The third-order valence-corrected chi connectivity index (χ3v) is 15.2. The number of carbonyl (C=O) groups excluding carboxylic acids is 1. The summed E-state index contributed by atoms with van der Waals surface area (Å²) in [6.07, 6.45) is 8.74. The van der Waals surface area contributed by atoms with Crippen molar-refractivity contribution in [1.82, 2.24) is 0 Å².